The molecule has 2 heterocycles. The number of hydrogen-bond acceptors (Lipinski definition) is 2. The molecular weight excluding hydrogens is 201 g/mol. The molecule has 0 aromatic carbocycles. The summed E-state index contributed by atoms with van der Waals surface area (Å²) in [7, 11) is 1.94. The summed E-state index contributed by atoms with van der Waals surface area (Å²) in [4.78, 5) is 0. The van der Waals surface area contributed by atoms with E-state index in [0.29, 0.717) is 0 Å². The van der Waals surface area contributed by atoms with E-state index < -0.39 is 0 Å². The van der Waals surface area contributed by atoms with Crippen LogP contribution in [0.2, 0.25) is 6.82 Å². The largest absolute Gasteiger partial charge is 0.454 e. The van der Waals surface area contributed by atoms with E-state index >= 15 is 0 Å². The SMILES string of the molecule is CB1OC(C)(C)C(C)(C)O1.Cn1cccc1. The Bertz CT molecular complexity index is 304. The summed E-state index contributed by atoms with van der Waals surface area (Å²) in [5, 5.41) is 0. The van der Waals surface area contributed by atoms with E-state index in [1.54, 1.807) is 0 Å². The van der Waals surface area contributed by atoms with E-state index in [0.717, 1.165) is 0 Å². The normalized spacial score (nSPS) is 21.5. The number of rotatable bonds is 0. The summed E-state index contributed by atoms with van der Waals surface area (Å²) in [6, 6.07) is 4.00. The zero-order valence-corrected chi connectivity index (χ0v) is 11.2. The Hall–Kier alpha value is -0.735. The second-order valence-electron chi connectivity index (χ2n) is 5.17. The minimum Gasteiger partial charge on any atom is -0.403 e. The van der Waals surface area contributed by atoms with Gasteiger partial charge in [0.15, 0.2) is 0 Å². The first-order valence-corrected chi connectivity index (χ1v) is 5.67. The summed E-state index contributed by atoms with van der Waals surface area (Å²) < 4.78 is 13.1. The van der Waals surface area contributed by atoms with Crippen LogP contribution in [0.5, 0.6) is 0 Å². The molecule has 16 heavy (non-hydrogen) atoms. The van der Waals surface area contributed by atoms with Crippen molar-refractivity contribution >= 4 is 7.12 Å². The number of aromatic nitrogens is 1. The van der Waals surface area contributed by atoms with Crippen LogP contribution in [0.1, 0.15) is 27.7 Å². The second-order valence-corrected chi connectivity index (χ2v) is 5.17. The third-order valence-corrected chi connectivity index (χ3v) is 3.12. The molecule has 0 spiro atoms. The molecule has 1 fully saturated rings. The van der Waals surface area contributed by atoms with Crippen molar-refractivity contribution in [3.05, 3.63) is 24.5 Å². The van der Waals surface area contributed by atoms with Gasteiger partial charge in [0, 0.05) is 19.4 Å². The summed E-state index contributed by atoms with van der Waals surface area (Å²) in [5.74, 6) is 0. The van der Waals surface area contributed by atoms with Gasteiger partial charge < -0.3 is 13.9 Å². The second kappa shape index (κ2) is 4.64. The van der Waals surface area contributed by atoms with Gasteiger partial charge in [-0.05, 0) is 46.7 Å². The Morgan fingerprint density at radius 1 is 0.938 bits per heavy atom. The van der Waals surface area contributed by atoms with Gasteiger partial charge >= 0.3 is 7.12 Å². The molecule has 1 aromatic heterocycles. The summed E-state index contributed by atoms with van der Waals surface area (Å²) in [6.45, 7) is 10.1. The minimum atomic E-state index is -0.160. The predicted molar refractivity (Wildman–Crippen MR) is 67.4 cm³/mol. The van der Waals surface area contributed by atoms with Crippen LogP contribution in [0.4, 0.5) is 0 Å². The number of nitrogens with zero attached hydrogens (tertiary/aromatic N) is 1. The molecule has 3 nitrogen and oxygen atoms in total. The van der Waals surface area contributed by atoms with Crippen LogP contribution in [0.15, 0.2) is 24.5 Å². The molecule has 1 saturated heterocycles. The van der Waals surface area contributed by atoms with E-state index in [9.17, 15) is 0 Å². The maximum atomic E-state index is 5.54. The van der Waals surface area contributed by atoms with Crippen molar-refractivity contribution in [2.24, 2.45) is 7.05 Å². The van der Waals surface area contributed by atoms with Gasteiger partial charge in [0.1, 0.15) is 0 Å². The Kier molecular flexibility index (Phi) is 3.86. The third-order valence-electron chi connectivity index (χ3n) is 3.12. The smallest absolute Gasteiger partial charge is 0.403 e. The van der Waals surface area contributed by atoms with Gasteiger partial charge in [-0.25, -0.2) is 0 Å². The van der Waals surface area contributed by atoms with Crippen LogP contribution in [0, 0.1) is 0 Å². The van der Waals surface area contributed by atoms with Crippen molar-refractivity contribution < 1.29 is 9.31 Å². The monoisotopic (exact) mass is 223 g/mol. The lowest BCUT2D eigenvalue weighted by atomic mass is 9.90. The molecule has 0 atom stereocenters. The fourth-order valence-corrected chi connectivity index (χ4v) is 1.56. The van der Waals surface area contributed by atoms with E-state index in [1.165, 1.54) is 0 Å². The molecule has 0 bridgehead atoms. The van der Waals surface area contributed by atoms with Gasteiger partial charge in [-0.15, -0.1) is 0 Å². The molecule has 0 unspecified atom stereocenters. The summed E-state index contributed by atoms with van der Waals surface area (Å²) in [6.07, 6.45) is 4.00. The van der Waals surface area contributed by atoms with E-state index in [4.69, 9.17) is 9.31 Å². The average molecular weight is 223 g/mol. The predicted octanol–water partition coefficient (Wildman–Crippen LogP) is 2.73. The first-order valence-electron chi connectivity index (χ1n) is 5.67. The van der Waals surface area contributed by atoms with E-state index in [1.807, 2.05) is 43.0 Å². The highest BCUT2D eigenvalue weighted by Crippen LogP contribution is 2.36. The standard InChI is InChI=1S/C7H15BO2.C5H7N/c1-6(2)7(3,4)10-8(5)9-6;1-6-4-2-3-5-6/h1-5H3;2-5H,1H3. The highest BCUT2D eigenvalue weighted by atomic mass is 16.7. The van der Waals surface area contributed by atoms with Crippen molar-refractivity contribution in [3.63, 3.8) is 0 Å². The quantitative estimate of drug-likeness (QED) is 0.631. The Morgan fingerprint density at radius 2 is 1.31 bits per heavy atom. The van der Waals surface area contributed by atoms with Gasteiger partial charge in [0.05, 0.1) is 11.2 Å². The number of aryl methyl sites for hydroxylation is 1. The molecule has 0 amide bonds. The van der Waals surface area contributed by atoms with Gasteiger partial charge in [-0.1, -0.05) is 0 Å². The fourth-order valence-electron chi connectivity index (χ4n) is 1.56. The van der Waals surface area contributed by atoms with Gasteiger partial charge in [0.25, 0.3) is 0 Å². The Labute approximate surface area is 98.9 Å². The van der Waals surface area contributed by atoms with Gasteiger partial charge in [-0.3, -0.25) is 0 Å². The number of hydrogen-bond donors (Lipinski definition) is 0. The zero-order chi connectivity index (χ0) is 12.4. The van der Waals surface area contributed by atoms with E-state index in [2.05, 4.69) is 27.7 Å². The molecule has 0 saturated carbocycles. The van der Waals surface area contributed by atoms with Gasteiger partial charge in [0.2, 0.25) is 0 Å². The maximum absolute atomic E-state index is 5.54. The van der Waals surface area contributed by atoms with Crippen molar-refractivity contribution in [1.29, 1.82) is 0 Å². The molecular formula is C12H22BNO2. The first kappa shape index (κ1) is 13.3. The molecule has 1 aromatic rings. The summed E-state index contributed by atoms with van der Waals surface area (Å²) >= 11 is 0. The summed E-state index contributed by atoms with van der Waals surface area (Å²) in [5.41, 5.74) is -0.321. The average Bonchev–Trinajstić information content (AvgIpc) is 2.59. The van der Waals surface area contributed by atoms with Crippen LogP contribution < -0.4 is 0 Å². The van der Waals surface area contributed by atoms with Crippen LogP contribution in [0.3, 0.4) is 0 Å². The molecule has 0 N–H and O–H groups in total. The van der Waals surface area contributed by atoms with Crippen molar-refractivity contribution in [2.45, 2.75) is 45.7 Å². The van der Waals surface area contributed by atoms with Crippen LogP contribution in [-0.4, -0.2) is 22.9 Å². The van der Waals surface area contributed by atoms with Crippen molar-refractivity contribution in [1.82, 2.24) is 4.57 Å². The van der Waals surface area contributed by atoms with Crippen molar-refractivity contribution in [2.75, 3.05) is 0 Å². The molecule has 4 heteroatoms. The fraction of sp³-hybridized carbons (Fsp3) is 0.667. The minimum absolute atomic E-state index is 0.0648. The van der Waals surface area contributed by atoms with Crippen LogP contribution >= 0.6 is 0 Å². The highest BCUT2D eigenvalue weighted by molar-refractivity contribution is 6.43. The lowest BCUT2D eigenvalue weighted by Gasteiger charge is -2.32. The van der Waals surface area contributed by atoms with Crippen molar-refractivity contribution in [3.8, 4) is 0 Å². The topological polar surface area (TPSA) is 23.4 Å². The lowest BCUT2D eigenvalue weighted by molar-refractivity contribution is 0.00578. The van der Waals surface area contributed by atoms with Gasteiger partial charge in [-0.2, -0.15) is 0 Å². The van der Waals surface area contributed by atoms with Crippen LogP contribution in [0.25, 0.3) is 0 Å². The molecule has 0 aliphatic carbocycles. The molecule has 0 radical (unpaired) electrons. The molecule has 2 rings (SSSR count). The molecule has 90 valence electrons. The molecule has 1 aliphatic rings. The maximum Gasteiger partial charge on any atom is 0.454 e. The molecule has 1 aliphatic heterocycles. The third kappa shape index (κ3) is 3.13. The highest BCUT2D eigenvalue weighted by Gasteiger charge is 2.48. The Balaban J connectivity index is 0.000000181. The zero-order valence-electron chi connectivity index (χ0n) is 11.2. The first-order chi connectivity index (χ1) is 7.24. The van der Waals surface area contributed by atoms with E-state index in [-0.39, 0.29) is 18.3 Å². The van der Waals surface area contributed by atoms with Crippen LogP contribution in [-0.2, 0) is 16.4 Å². The Morgan fingerprint density at radius 3 is 1.44 bits per heavy atom. The lowest BCUT2D eigenvalue weighted by Crippen LogP contribution is -2.41.